The quantitative estimate of drug-likeness (QED) is 0.354. The van der Waals surface area contributed by atoms with Gasteiger partial charge in [0, 0.05) is 0 Å². The summed E-state index contributed by atoms with van der Waals surface area (Å²) in [5, 5.41) is 2.98. The molecule has 1 N–H and O–H groups in total. The van der Waals surface area contributed by atoms with Crippen LogP contribution in [0.1, 0.15) is 27.8 Å². The Morgan fingerprint density at radius 3 is 2.18 bits per heavy atom. The number of hydrogen-bond acceptors (Lipinski definition) is 4. The molecule has 1 heterocycles. The molecule has 3 aromatic carbocycles. The fourth-order valence-electron chi connectivity index (χ4n) is 3.56. The molecule has 0 aliphatic carbocycles. The summed E-state index contributed by atoms with van der Waals surface area (Å²) < 4.78 is 11.4. The van der Waals surface area contributed by atoms with Crippen molar-refractivity contribution in [2.24, 2.45) is 0 Å². The number of urea groups is 1. The molecule has 174 valence electrons. The van der Waals surface area contributed by atoms with Crippen LogP contribution in [0.15, 0.2) is 66.4 Å². The van der Waals surface area contributed by atoms with Gasteiger partial charge >= 0.3 is 6.03 Å². The van der Waals surface area contributed by atoms with Gasteiger partial charge in [-0.15, -0.1) is 0 Å². The molecule has 34 heavy (non-hydrogen) atoms. The molecule has 0 unspecified atom stereocenters. The summed E-state index contributed by atoms with van der Waals surface area (Å²) in [4.78, 5) is 26.5. The number of benzene rings is 3. The predicted octanol–water partition coefficient (Wildman–Crippen LogP) is 5.64. The standard InChI is InChI=1S/C27H25ClN2O4/c1-17-4-8-19(9-5-17)15-30-26(31)23(29-27(30)32)13-21-12-22(28)25(24(14-21)33-3)34-16-20-10-6-18(2)7-11-20/h4-14H,15-16H2,1-3H3,(H,29,32)/b23-13+. The lowest BCUT2D eigenvalue weighted by Crippen LogP contribution is -2.30. The maximum atomic E-state index is 12.9. The van der Waals surface area contributed by atoms with Crippen LogP contribution in [0.25, 0.3) is 6.08 Å². The van der Waals surface area contributed by atoms with Crippen LogP contribution >= 0.6 is 11.6 Å². The van der Waals surface area contributed by atoms with Crippen molar-refractivity contribution in [3.05, 3.63) is 99.2 Å². The van der Waals surface area contributed by atoms with Gasteiger partial charge in [0.05, 0.1) is 18.7 Å². The van der Waals surface area contributed by atoms with Crippen LogP contribution in [0, 0.1) is 13.8 Å². The van der Waals surface area contributed by atoms with Gasteiger partial charge in [0.15, 0.2) is 11.5 Å². The van der Waals surface area contributed by atoms with Crippen LogP contribution in [-0.4, -0.2) is 23.9 Å². The van der Waals surface area contributed by atoms with E-state index in [1.54, 1.807) is 18.2 Å². The molecule has 0 aromatic heterocycles. The maximum absolute atomic E-state index is 12.9. The first-order valence-electron chi connectivity index (χ1n) is 10.8. The van der Waals surface area contributed by atoms with Gasteiger partial charge in [0.25, 0.3) is 5.91 Å². The van der Waals surface area contributed by atoms with Crippen molar-refractivity contribution in [3.63, 3.8) is 0 Å². The second kappa shape index (κ2) is 10.0. The minimum absolute atomic E-state index is 0.170. The monoisotopic (exact) mass is 476 g/mol. The topological polar surface area (TPSA) is 67.9 Å². The average Bonchev–Trinajstić information content (AvgIpc) is 3.07. The van der Waals surface area contributed by atoms with Crippen molar-refractivity contribution < 1.29 is 19.1 Å². The van der Waals surface area contributed by atoms with Crippen molar-refractivity contribution in [3.8, 4) is 11.5 Å². The highest BCUT2D eigenvalue weighted by molar-refractivity contribution is 6.32. The maximum Gasteiger partial charge on any atom is 0.329 e. The van der Waals surface area contributed by atoms with Gasteiger partial charge in [-0.3, -0.25) is 9.69 Å². The molecule has 0 bridgehead atoms. The Morgan fingerprint density at radius 2 is 1.56 bits per heavy atom. The molecular formula is C27H25ClN2O4. The Balaban J connectivity index is 1.52. The lowest BCUT2D eigenvalue weighted by atomic mass is 10.1. The molecule has 4 rings (SSSR count). The fourth-order valence-corrected chi connectivity index (χ4v) is 3.83. The summed E-state index contributed by atoms with van der Waals surface area (Å²) in [6.07, 6.45) is 1.58. The van der Waals surface area contributed by atoms with E-state index >= 15 is 0 Å². The Bertz CT molecular complexity index is 1250. The van der Waals surface area contributed by atoms with Gasteiger partial charge in [-0.2, -0.15) is 0 Å². The number of methoxy groups -OCH3 is 1. The molecule has 7 heteroatoms. The molecule has 1 aliphatic heterocycles. The number of nitrogens with zero attached hydrogens (tertiary/aromatic N) is 1. The summed E-state index contributed by atoms with van der Waals surface area (Å²) in [6.45, 7) is 4.53. The molecule has 6 nitrogen and oxygen atoms in total. The number of amides is 3. The minimum Gasteiger partial charge on any atom is -0.493 e. The second-order valence-corrected chi connectivity index (χ2v) is 8.58. The zero-order chi connectivity index (χ0) is 24.2. The summed E-state index contributed by atoms with van der Waals surface area (Å²) in [5.41, 5.74) is 4.92. The highest BCUT2D eigenvalue weighted by atomic mass is 35.5. The molecule has 1 fully saturated rings. The third-order valence-electron chi connectivity index (χ3n) is 5.49. The zero-order valence-corrected chi connectivity index (χ0v) is 20.0. The summed E-state index contributed by atoms with van der Waals surface area (Å²) in [6, 6.07) is 18.6. The molecule has 0 atom stereocenters. The van der Waals surface area contributed by atoms with Crippen LogP contribution in [0.4, 0.5) is 4.79 Å². The van der Waals surface area contributed by atoms with E-state index in [4.69, 9.17) is 21.1 Å². The minimum atomic E-state index is -0.465. The first-order valence-corrected chi connectivity index (χ1v) is 11.2. The number of nitrogens with one attached hydrogen (secondary N) is 1. The molecule has 3 amide bonds. The predicted molar refractivity (Wildman–Crippen MR) is 132 cm³/mol. The molecule has 0 radical (unpaired) electrons. The Labute approximate surface area is 203 Å². The van der Waals surface area contributed by atoms with Crippen molar-refractivity contribution in [2.45, 2.75) is 27.0 Å². The summed E-state index contributed by atoms with van der Waals surface area (Å²) >= 11 is 6.49. The fraction of sp³-hybridized carbons (Fsp3) is 0.185. The molecule has 0 spiro atoms. The van der Waals surface area contributed by atoms with E-state index in [1.807, 2.05) is 62.4 Å². The van der Waals surface area contributed by atoms with Gasteiger partial charge in [-0.25, -0.2) is 4.79 Å². The second-order valence-electron chi connectivity index (χ2n) is 8.17. The van der Waals surface area contributed by atoms with E-state index in [0.717, 1.165) is 16.7 Å². The van der Waals surface area contributed by atoms with Gasteiger partial charge in [0.2, 0.25) is 0 Å². The largest absolute Gasteiger partial charge is 0.493 e. The Morgan fingerprint density at radius 1 is 0.941 bits per heavy atom. The van der Waals surface area contributed by atoms with E-state index in [1.165, 1.54) is 17.6 Å². The number of halogens is 1. The first kappa shape index (κ1) is 23.4. The van der Waals surface area contributed by atoms with E-state index in [9.17, 15) is 9.59 Å². The lowest BCUT2D eigenvalue weighted by molar-refractivity contribution is -0.123. The zero-order valence-electron chi connectivity index (χ0n) is 19.2. The van der Waals surface area contributed by atoms with Crippen molar-refractivity contribution in [1.82, 2.24) is 10.2 Å². The van der Waals surface area contributed by atoms with Crippen LogP contribution in [0.2, 0.25) is 5.02 Å². The van der Waals surface area contributed by atoms with Crippen LogP contribution in [-0.2, 0) is 17.9 Å². The normalized spacial score (nSPS) is 14.5. The number of rotatable bonds is 7. The SMILES string of the molecule is COc1cc(/C=C2/NC(=O)N(Cc3ccc(C)cc3)C2=O)cc(Cl)c1OCc1ccc(C)cc1. The van der Waals surface area contributed by atoms with E-state index in [0.29, 0.717) is 28.7 Å². The van der Waals surface area contributed by atoms with Gasteiger partial charge in [-0.05, 0) is 48.7 Å². The number of hydrogen-bond donors (Lipinski definition) is 1. The molecule has 1 aliphatic rings. The van der Waals surface area contributed by atoms with Crippen molar-refractivity contribution in [2.75, 3.05) is 7.11 Å². The smallest absolute Gasteiger partial charge is 0.329 e. The number of ether oxygens (including phenoxy) is 2. The summed E-state index contributed by atoms with van der Waals surface area (Å²) in [7, 11) is 1.52. The molecule has 3 aromatic rings. The number of aryl methyl sites for hydroxylation is 2. The van der Waals surface area contributed by atoms with Crippen LogP contribution in [0.3, 0.4) is 0 Å². The molecule has 0 saturated carbocycles. The average molecular weight is 477 g/mol. The van der Waals surface area contributed by atoms with E-state index < -0.39 is 11.9 Å². The van der Waals surface area contributed by atoms with Crippen molar-refractivity contribution >= 4 is 29.6 Å². The van der Waals surface area contributed by atoms with Crippen LogP contribution in [0.5, 0.6) is 11.5 Å². The summed E-state index contributed by atoms with van der Waals surface area (Å²) in [5.74, 6) is 0.440. The lowest BCUT2D eigenvalue weighted by Gasteiger charge is -2.14. The number of imide groups is 1. The first-order chi connectivity index (χ1) is 16.3. The number of carbonyl (C=O) groups excluding carboxylic acids is 2. The third-order valence-corrected chi connectivity index (χ3v) is 5.77. The number of carbonyl (C=O) groups is 2. The van der Waals surface area contributed by atoms with Crippen LogP contribution < -0.4 is 14.8 Å². The Hall–Kier alpha value is -3.77. The molecular weight excluding hydrogens is 452 g/mol. The molecule has 1 saturated heterocycles. The van der Waals surface area contributed by atoms with E-state index in [2.05, 4.69) is 5.32 Å². The van der Waals surface area contributed by atoms with E-state index in [-0.39, 0.29) is 12.2 Å². The highest BCUT2D eigenvalue weighted by Gasteiger charge is 2.33. The Kier molecular flexibility index (Phi) is 6.89. The third kappa shape index (κ3) is 5.24. The van der Waals surface area contributed by atoms with Crippen molar-refractivity contribution in [1.29, 1.82) is 0 Å². The van der Waals surface area contributed by atoms with Gasteiger partial charge in [0.1, 0.15) is 12.3 Å². The van der Waals surface area contributed by atoms with Gasteiger partial charge < -0.3 is 14.8 Å². The van der Waals surface area contributed by atoms with Gasteiger partial charge in [-0.1, -0.05) is 71.3 Å². The highest BCUT2D eigenvalue weighted by Crippen LogP contribution is 2.37.